The van der Waals surface area contributed by atoms with Crippen molar-refractivity contribution in [1.29, 1.82) is 0 Å². The number of hydrogen-bond donors (Lipinski definition) is 2. The minimum Gasteiger partial charge on any atom is -0.359 e. The molecule has 2 rings (SSSR count). The quantitative estimate of drug-likeness (QED) is 0.786. The summed E-state index contributed by atoms with van der Waals surface area (Å²) in [6, 6.07) is 4.49. The molecule has 1 saturated heterocycles. The van der Waals surface area contributed by atoms with E-state index in [0.29, 0.717) is 13.1 Å². The maximum Gasteiger partial charge on any atom is 0.270 e. The predicted molar refractivity (Wildman–Crippen MR) is 69.8 cm³/mol. The molecular weight excluding hydrogens is 246 g/mol. The summed E-state index contributed by atoms with van der Waals surface area (Å²) in [7, 11) is 1.60. The lowest BCUT2D eigenvalue weighted by atomic mass is 9.97. The summed E-state index contributed by atoms with van der Waals surface area (Å²) in [5.74, 6) is -0.441. The average Bonchev–Trinajstić information content (AvgIpc) is 2.45. The molecule has 1 aromatic rings. The van der Waals surface area contributed by atoms with Crippen LogP contribution in [0.15, 0.2) is 23.0 Å². The molecule has 1 unspecified atom stereocenters. The van der Waals surface area contributed by atoms with Gasteiger partial charge in [0.05, 0.1) is 5.92 Å². The Kier molecular flexibility index (Phi) is 3.99. The van der Waals surface area contributed by atoms with E-state index >= 15 is 0 Å². The van der Waals surface area contributed by atoms with Gasteiger partial charge < -0.3 is 15.2 Å². The highest BCUT2D eigenvalue weighted by Crippen LogP contribution is 2.18. The van der Waals surface area contributed by atoms with Crippen LogP contribution in [0, 0.1) is 5.92 Å². The number of hydrogen-bond acceptors (Lipinski definition) is 3. The zero-order chi connectivity index (χ0) is 13.8. The first kappa shape index (κ1) is 13.3. The fraction of sp³-hybridized carbons (Fsp3) is 0.462. The number of likely N-dealkylation sites (tertiary alicyclic amines) is 1. The monoisotopic (exact) mass is 263 g/mol. The molecule has 0 aliphatic carbocycles. The van der Waals surface area contributed by atoms with Crippen LogP contribution >= 0.6 is 0 Å². The third-order valence-electron chi connectivity index (χ3n) is 3.32. The summed E-state index contributed by atoms with van der Waals surface area (Å²) in [6.45, 7) is 1.01. The fourth-order valence-corrected chi connectivity index (χ4v) is 2.32. The zero-order valence-corrected chi connectivity index (χ0v) is 10.8. The lowest BCUT2D eigenvalue weighted by Crippen LogP contribution is -2.45. The van der Waals surface area contributed by atoms with Crippen molar-refractivity contribution in [2.45, 2.75) is 12.8 Å². The zero-order valence-electron chi connectivity index (χ0n) is 10.8. The van der Waals surface area contributed by atoms with Crippen molar-refractivity contribution in [3.8, 4) is 0 Å². The molecule has 0 bridgehead atoms. The molecule has 0 saturated carbocycles. The predicted octanol–water partition coefficient (Wildman–Crippen LogP) is -0.0269. The molecule has 0 radical (unpaired) electrons. The van der Waals surface area contributed by atoms with Gasteiger partial charge in [0, 0.05) is 26.2 Å². The molecule has 102 valence electrons. The minimum absolute atomic E-state index is 0.0425. The molecule has 1 aliphatic heterocycles. The summed E-state index contributed by atoms with van der Waals surface area (Å²) in [5.41, 5.74) is -0.0317. The number of pyridine rings is 1. The van der Waals surface area contributed by atoms with Crippen molar-refractivity contribution < 1.29 is 9.59 Å². The Morgan fingerprint density at radius 2 is 2.21 bits per heavy atom. The molecule has 1 atom stereocenters. The van der Waals surface area contributed by atoms with Gasteiger partial charge in [0.1, 0.15) is 5.69 Å². The Labute approximate surface area is 110 Å². The second-order valence-electron chi connectivity index (χ2n) is 4.63. The highest BCUT2D eigenvalue weighted by Gasteiger charge is 2.28. The Hall–Kier alpha value is -2.11. The van der Waals surface area contributed by atoms with Gasteiger partial charge in [0.25, 0.3) is 5.91 Å². The van der Waals surface area contributed by atoms with E-state index in [2.05, 4.69) is 10.3 Å². The van der Waals surface area contributed by atoms with Crippen LogP contribution in [0.2, 0.25) is 0 Å². The van der Waals surface area contributed by atoms with Gasteiger partial charge in [-0.05, 0) is 18.9 Å². The van der Waals surface area contributed by atoms with E-state index in [1.165, 1.54) is 6.07 Å². The number of rotatable bonds is 2. The fourth-order valence-electron chi connectivity index (χ4n) is 2.32. The Balaban J connectivity index is 2.11. The van der Waals surface area contributed by atoms with E-state index in [0.717, 1.165) is 12.8 Å². The summed E-state index contributed by atoms with van der Waals surface area (Å²) in [4.78, 5) is 39.2. The van der Waals surface area contributed by atoms with E-state index in [1.807, 2.05) is 0 Å². The van der Waals surface area contributed by atoms with Gasteiger partial charge in [-0.1, -0.05) is 6.07 Å². The van der Waals surface area contributed by atoms with Gasteiger partial charge in [-0.25, -0.2) is 0 Å². The Morgan fingerprint density at radius 1 is 1.42 bits per heavy atom. The van der Waals surface area contributed by atoms with Crippen molar-refractivity contribution in [1.82, 2.24) is 15.2 Å². The second kappa shape index (κ2) is 5.69. The topological polar surface area (TPSA) is 82.3 Å². The van der Waals surface area contributed by atoms with Crippen LogP contribution in [0.3, 0.4) is 0 Å². The van der Waals surface area contributed by atoms with Gasteiger partial charge in [-0.15, -0.1) is 0 Å². The van der Waals surface area contributed by atoms with Crippen molar-refractivity contribution in [2.75, 3.05) is 20.1 Å². The van der Waals surface area contributed by atoms with E-state index in [1.54, 1.807) is 24.1 Å². The van der Waals surface area contributed by atoms with E-state index in [-0.39, 0.29) is 29.0 Å². The van der Waals surface area contributed by atoms with Crippen LogP contribution in [0.25, 0.3) is 0 Å². The first-order valence-corrected chi connectivity index (χ1v) is 6.32. The highest BCUT2D eigenvalue weighted by molar-refractivity contribution is 5.92. The van der Waals surface area contributed by atoms with Gasteiger partial charge in [-0.3, -0.25) is 14.4 Å². The van der Waals surface area contributed by atoms with Crippen LogP contribution < -0.4 is 10.9 Å². The molecular formula is C13H17N3O3. The van der Waals surface area contributed by atoms with Gasteiger partial charge in [-0.2, -0.15) is 0 Å². The molecule has 2 heterocycles. The SMILES string of the molecule is CNC(=O)C1CCCN(C(=O)c2cccc(=O)[nH]2)C1. The van der Waals surface area contributed by atoms with Crippen LogP contribution in [0.1, 0.15) is 23.3 Å². The maximum absolute atomic E-state index is 12.2. The second-order valence-corrected chi connectivity index (χ2v) is 4.63. The molecule has 0 spiro atoms. The third kappa shape index (κ3) is 3.01. The molecule has 2 amide bonds. The van der Waals surface area contributed by atoms with Crippen LogP contribution in [0.5, 0.6) is 0 Å². The molecule has 2 N–H and O–H groups in total. The van der Waals surface area contributed by atoms with Crippen LogP contribution in [0.4, 0.5) is 0 Å². The molecule has 0 aromatic carbocycles. The van der Waals surface area contributed by atoms with Crippen molar-refractivity contribution >= 4 is 11.8 Å². The highest BCUT2D eigenvalue weighted by atomic mass is 16.2. The molecule has 1 aliphatic rings. The van der Waals surface area contributed by atoms with Crippen molar-refractivity contribution in [2.24, 2.45) is 5.92 Å². The van der Waals surface area contributed by atoms with Gasteiger partial charge in [0.15, 0.2) is 0 Å². The standard InChI is InChI=1S/C13H17N3O3/c1-14-12(18)9-4-3-7-16(8-9)13(19)10-5-2-6-11(17)15-10/h2,5-6,9H,3-4,7-8H2,1H3,(H,14,18)(H,15,17). The summed E-state index contributed by atoms with van der Waals surface area (Å²) in [5, 5.41) is 2.61. The minimum atomic E-state index is -0.300. The summed E-state index contributed by atoms with van der Waals surface area (Å²) >= 11 is 0. The van der Waals surface area contributed by atoms with Gasteiger partial charge >= 0.3 is 0 Å². The number of H-pyrrole nitrogens is 1. The van der Waals surface area contributed by atoms with Crippen molar-refractivity contribution in [3.05, 3.63) is 34.2 Å². The first-order chi connectivity index (χ1) is 9.11. The first-order valence-electron chi connectivity index (χ1n) is 6.32. The van der Waals surface area contributed by atoms with Crippen LogP contribution in [-0.4, -0.2) is 41.8 Å². The van der Waals surface area contributed by atoms with Crippen LogP contribution in [-0.2, 0) is 4.79 Å². The van der Waals surface area contributed by atoms with E-state index < -0.39 is 0 Å². The number of amides is 2. The molecule has 1 aromatic heterocycles. The average molecular weight is 263 g/mol. The maximum atomic E-state index is 12.2. The summed E-state index contributed by atoms with van der Waals surface area (Å²) < 4.78 is 0. The van der Waals surface area contributed by atoms with Gasteiger partial charge in [0.2, 0.25) is 11.5 Å². The molecule has 19 heavy (non-hydrogen) atoms. The van der Waals surface area contributed by atoms with Crippen molar-refractivity contribution in [3.63, 3.8) is 0 Å². The number of carbonyl (C=O) groups excluding carboxylic acids is 2. The lowest BCUT2D eigenvalue weighted by Gasteiger charge is -2.31. The normalized spacial score (nSPS) is 19.0. The number of carbonyl (C=O) groups is 2. The number of nitrogens with one attached hydrogen (secondary N) is 2. The smallest absolute Gasteiger partial charge is 0.270 e. The Bertz CT molecular complexity index is 538. The number of aromatic nitrogens is 1. The van der Waals surface area contributed by atoms with E-state index in [9.17, 15) is 14.4 Å². The number of aromatic amines is 1. The summed E-state index contributed by atoms with van der Waals surface area (Å²) in [6.07, 6.45) is 1.58. The molecule has 6 nitrogen and oxygen atoms in total. The largest absolute Gasteiger partial charge is 0.359 e. The molecule has 6 heteroatoms. The van der Waals surface area contributed by atoms with E-state index in [4.69, 9.17) is 0 Å². The molecule has 1 fully saturated rings. The number of nitrogens with zero attached hydrogens (tertiary/aromatic N) is 1. The third-order valence-corrected chi connectivity index (χ3v) is 3.32. The Morgan fingerprint density at radius 3 is 2.89 bits per heavy atom. The lowest BCUT2D eigenvalue weighted by molar-refractivity contribution is -0.125. The number of piperidine rings is 1.